The maximum Gasteiger partial charge on any atom is 0.317 e. The molecular weight excluding hydrogens is 268 g/mol. The van der Waals surface area contributed by atoms with Gasteiger partial charge < -0.3 is 15.3 Å². The highest BCUT2D eigenvalue weighted by Gasteiger charge is 2.48. The summed E-state index contributed by atoms with van der Waals surface area (Å²) in [4.78, 5) is 25.4. The maximum atomic E-state index is 12.2. The number of carboxylic acid groups (broad SMARTS) is 1. The van der Waals surface area contributed by atoms with Gasteiger partial charge in [-0.25, -0.2) is 4.79 Å². The van der Waals surface area contributed by atoms with Crippen molar-refractivity contribution >= 4 is 12.0 Å². The Morgan fingerprint density at radius 1 is 1.29 bits per heavy atom. The van der Waals surface area contributed by atoms with Crippen molar-refractivity contribution in [2.24, 2.45) is 22.7 Å². The van der Waals surface area contributed by atoms with Gasteiger partial charge in [-0.3, -0.25) is 4.79 Å². The average molecular weight is 298 g/mol. The van der Waals surface area contributed by atoms with Crippen LogP contribution in [0.3, 0.4) is 0 Å². The number of nitrogens with zero attached hydrogens (tertiary/aromatic N) is 1. The number of rotatable bonds is 4. The van der Waals surface area contributed by atoms with Crippen molar-refractivity contribution in [2.75, 3.05) is 19.6 Å². The van der Waals surface area contributed by atoms with Crippen LogP contribution < -0.4 is 5.32 Å². The minimum absolute atomic E-state index is 0.0151. The molecule has 2 amide bonds. The Labute approximate surface area is 128 Å². The van der Waals surface area contributed by atoms with Crippen molar-refractivity contribution in [1.29, 1.82) is 0 Å². The minimum atomic E-state index is -0.799. The third kappa shape index (κ3) is 3.89. The molecule has 1 aliphatic heterocycles. The van der Waals surface area contributed by atoms with Gasteiger partial charge >= 0.3 is 12.0 Å². The molecule has 0 radical (unpaired) electrons. The highest BCUT2D eigenvalue weighted by Crippen LogP contribution is 2.38. The van der Waals surface area contributed by atoms with Crippen molar-refractivity contribution in [3.8, 4) is 0 Å². The number of urea groups is 1. The molecule has 1 rings (SSSR count). The first-order chi connectivity index (χ1) is 9.50. The summed E-state index contributed by atoms with van der Waals surface area (Å²) in [5.41, 5.74) is -0.659. The van der Waals surface area contributed by atoms with E-state index in [1.807, 2.05) is 13.8 Å². The quantitative estimate of drug-likeness (QED) is 0.838. The maximum absolute atomic E-state index is 12.2. The minimum Gasteiger partial charge on any atom is -0.481 e. The van der Waals surface area contributed by atoms with Crippen molar-refractivity contribution in [1.82, 2.24) is 10.2 Å². The number of amides is 2. The summed E-state index contributed by atoms with van der Waals surface area (Å²) in [6.45, 7) is 13.8. The van der Waals surface area contributed by atoms with E-state index >= 15 is 0 Å². The summed E-state index contributed by atoms with van der Waals surface area (Å²) in [7, 11) is 0. The summed E-state index contributed by atoms with van der Waals surface area (Å²) in [5, 5.41) is 12.4. The van der Waals surface area contributed by atoms with Gasteiger partial charge in [0, 0.05) is 19.6 Å². The van der Waals surface area contributed by atoms with E-state index < -0.39 is 11.4 Å². The Kier molecular flexibility index (Phi) is 5.29. The highest BCUT2D eigenvalue weighted by atomic mass is 16.4. The van der Waals surface area contributed by atoms with Crippen LogP contribution in [0.2, 0.25) is 0 Å². The fourth-order valence-corrected chi connectivity index (χ4v) is 2.56. The molecule has 1 aliphatic rings. The second kappa shape index (κ2) is 6.24. The molecule has 1 fully saturated rings. The summed E-state index contributed by atoms with van der Waals surface area (Å²) < 4.78 is 0. The molecule has 0 aromatic rings. The normalized spacial score (nSPS) is 24.2. The van der Waals surface area contributed by atoms with Crippen LogP contribution in [0, 0.1) is 22.7 Å². The summed E-state index contributed by atoms with van der Waals surface area (Å²) in [5.74, 6) is -0.421. The molecule has 0 aliphatic carbocycles. The van der Waals surface area contributed by atoms with Gasteiger partial charge in [0.25, 0.3) is 0 Å². The Balaban J connectivity index is 2.61. The topological polar surface area (TPSA) is 69.6 Å². The number of hydrogen-bond donors (Lipinski definition) is 2. The fourth-order valence-electron chi connectivity index (χ4n) is 2.56. The van der Waals surface area contributed by atoms with Crippen molar-refractivity contribution < 1.29 is 14.7 Å². The lowest BCUT2D eigenvalue weighted by Crippen LogP contribution is -2.45. The molecule has 0 spiro atoms. The zero-order valence-electron chi connectivity index (χ0n) is 14.2. The molecule has 0 aromatic heterocycles. The van der Waals surface area contributed by atoms with Crippen LogP contribution in [-0.4, -0.2) is 41.6 Å². The van der Waals surface area contributed by atoms with E-state index in [2.05, 4.69) is 33.0 Å². The van der Waals surface area contributed by atoms with Gasteiger partial charge in [-0.05, 0) is 23.7 Å². The Morgan fingerprint density at radius 2 is 1.86 bits per heavy atom. The van der Waals surface area contributed by atoms with Crippen molar-refractivity contribution in [3.63, 3.8) is 0 Å². The van der Waals surface area contributed by atoms with E-state index in [0.717, 1.165) is 0 Å². The van der Waals surface area contributed by atoms with Crippen molar-refractivity contribution in [3.05, 3.63) is 0 Å². The van der Waals surface area contributed by atoms with Crippen LogP contribution in [0.25, 0.3) is 0 Å². The molecule has 2 unspecified atom stereocenters. The van der Waals surface area contributed by atoms with Crippen LogP contribution in [0.1, 0.15) is 48.0 Å². The number of carbonyl (C=O) groups is 2. The zero-order valence-corrected chi connectivity index (χ0v) is 14.2. The van der Waals surface area contributed by atoms with Gasteiger partial charge in [0.15, 0.2) is 0 Å². The van der Waals surface area contributed by atoms with Gasteiger partial charge in [-0.15, -0.1) is 0 Å². The standard InChI is InChI=1S/C16H30N2O3/c1-11(2)16(13(19)20)7-8-18(10-16)14(21)17-9-12(3)15(4,5)6/h11-12H,7-10H2,1-6H3,(H,17,21)(H,19,20). The Morgan fingerprint density at radius 3 is 2.24 bits per heavy atom. The molecule has 5 nitrogen and oxygen atoms in total. The third-order valence-electron chi connectivity index (χ3n) is 5.16. The SMILES string of the molecule is CC(CNC(=O)N1CCC(C(=O)O)(C(C)C)C1)C(C)(C)C. The smallest absolute Gasteiger partial charge is 0.317 e. The number of carboxylic acids is 1. The molecule has 1 heterocycles. The predicted octanol–water partition coefficient (Wildman–Crippen LogP) is 2.81. The molecule has 0 aromatic carbocycles. The first-order valence-electron chi connectivity index (χ1n) is 7.77. The third-order valence-corrected chi connectivity index (χ3v) is 5.16. The van der Waals surface area contributed by atoms with E-state index in [9.17, 15) is 14.7 Å². The molecule has 0 saturated carbocycles. The average Bonchev–Trinajstić information content (AvgIpc) is 2.80. The molecule has 21 heavy (non-hydrogen) atoms. The summed E-state index contributed by atoms with van der Waals surface area (Å²) in [6, 6.07) is -0.144. The van der Waals surface area contributed by atoms with Crippen LogP contribution in [-0.2, 0) is 4.79 Å². The number of carbonyl (C=O) groups excluding carboxylic acids is 1. The van der Waals surface area contributed by atoms with Gasteiger partial charge in [-0.2, -0.15) is 0 Å². The van der Waals surface area contributed by atoms with E-state index in [1.165, 1.54) is 0 Å². The van der Waals surface area contributed by atoms with Crippen molar-refractivity contribution in [2.45, 2.75) is 48.0 Å². The van der Waals surface area contributed by atoms with Gasteiger partial charge in [-0.1, -0.05) is 41.5 Å². The lowest BCUT2D eigenvalue weighted by atomic mass is 9.76. The molecule has 5 heteroatoms. The first-order valence-corrected chi connectivity index (χ1v) is 7.77. The monoisotopic (exact) mass is 298 g/mol. The Hall–Kier alpha value is -1.26. The summed E-state index contributed by atoms with van der Waals surface area (Å²) in [6.07, 6.45) is 0.530. The lowest BCUT2D eigenvalue weighted by Gasteiger charge is -2.30. The molecule has 122 valence electrons. The fraction of sp³-hybridized carbons (Fsp3) is 0.875. The zero-order chi connectivity index (χ0) is 16.4. The van der Waals surface area contributed by atoms with Gasteiger partial charge in [0.1, 0.15) is 0 Å². The van der Waals surface area contributed by atoms with E-state index in [0.29, 0.717) is 32.0 Å². The number of nitrogens with one attached hydrogen (secondary N) is 1. The molecule has 2 atom stereocenters. The van der Waals surface area contributed by atoms with E-state index in [-0.39, 0.29) is 17.4 Å². The van der Waals surface area contributed by atoms with Crippen LogP contribution >= 0.6 is 0 Å². The second-order valence-corrected chi connectivity index (χ2v) is 7.74. The van der Waals surface area contributed by atoms with Gasteiger partial charge in [0.2, 0.25) is 0 Å². The second-order valence-electron chi connectivity index (χ2n) is 7.74. The number of aliphatic carboxylic acids is 1. The first kappa shape index (κ1) is 17.8. The largest absolute Gasteiger partial charge is 0.481 e. The number of likely N-dealkylation sites (tertiary alicyclic amines) is 1. The van der Waals surface area contributed by atoms with Crippen LogP contribution in [0.15, 0.2) is 0 Å². The molecular formula is C16H30N2O3. The van der Waals surface area contributed by atoms with E-state index in [1.54, 1.807) is 4.90 Å². The van der Waals surface area contributed by atoms with E-state index in [4.69, 9.17) is 0 Å². The van der Waals surface area contributed by atoms with Gasteiger partial charge in [0.05, 0.1) is 5.41 Å². The molecule has 2 N–H and O–H groups in total. The lowest BCUT2D eigenvalue weighted by molar-refractivity contribution is -0.150. The molecule has 0 bridgehead atoms. The molecule has 1 saturated heterocycles. The summed E-state index contributed by atoms with van der Waals surface area (Å²) >= 11 is 0. The van der Waals surface area contributed by atoms with Crippen LogP contribution in [0.5, 0.6) is 0 Å². The predicted molar refractivity (Wildman–Crippen MR) is 83.1 cm³/mol. The highest BCUT2D eigenvalue weighted by molar-refractivity contribution is 5.80. The Bertz CT molecular complexity index is 401. The number of hydrogen-bond acceptors (Lipinski definition) is 2. The van der Waals surface area contributed by atoms with Crippen LogP contribution in [0.4, 0.5) is 4.79 Å².